The van der Waals surface area contributed by atoms with Gasteiger partial charge in [0.2, 0.25) is 0 Å². The van der Waals surface area contributed by atoms with Crippen LogP contribution in [0, 0.1) is 6.92 Å². The highest BCUT2D eigenvalue weighted by atomic mass is 32.1. The molecule has 1 atom stereocenters. The molecule has 106 valence electrons. The average molecular weight is 312 g/mol. The number of carbonyl (C=O) groups is 2. The Labute approximate surface area is 122 Å². The van der Waals surface area contributed by atoms with Gasteiger partial charge in [-0.2, -0.15) is 0 Å². The number of aliphatic hydroxyl groups excluding tert-OH is 1. The van der Waals surface area contributed by atoms with Crippen molar-refractivity contribution in [3.63, 3.8) is 0 Å². The van der Waals surface area contributed by atoms with Gasteiger partial charge in [-0.15, -0.1) is 22.7 Å². The van der Waals surface area contributed by atoms with Crippen molar-refractivity contribution in [2.45, 2.75) is 13.0 Å². The largest absolute Gasteiger partial charge is 0.479 e. The van der Waals surface area contributed by atoms with Gasteiger partial charge in [0, 0.05) is 0 Å². The number of carbonyl (C=O) groups excluding carboxylic acids is 1. The van der Waals surface area contributed by atoms with Gasteiger partial charge in [-0.05, 0) is 18.4 Å². The first kappa shape index (κ1) is 14.6. The molecule has 2 aromatic heterocycles. The first-order valence-corrected chi connectivity index (χ1v) is 7.39. The molecule has 1 unspecified atom stereocenters. The molecule has 0 bridgehead atoms. The van der Waals surface area contributed by atoms with Crippen LogP contribution in [0.15, 0.2) is 17.5 Å². The number of amides is 1. The van der Waals surface area contributed by atoms with E-state index < -0.39 is 18.0 Å². The summed E-state index contributed by atoms with van der Waals surface area (Å²) in [4.78, 5) is 28.1. The number of nitrogens with zero attached hydrogens (tertiary/aromatic N) is 1. The highest BCUT2D eigenvalue weighted by Crippen LogP contribution is 2.30. The van der Waals surface area contributed by atoms with E-state index in [0.717, 1.165) is 9.88 Å². The number of hydrogen-bond acceptors (Lipinski definition) is 6. The van der Waals surface area contributed by atoms with Gasteiger partial charge < -0.3 is 15.5 Å². The molecule has 8 heteroatoms. The monoisotopic (exact) mass is 312 g/mol. The van der Waals surface area contributed by atoms with Gasteiger partial charge in [0.25, 0.3) is 5.91 Å². The summed E-state index contributed by atoms with van der Waals surface area (Å²) >= 11 is 2.77. The molecule has 2 heterocycles. The maximum atomic E-state index is 11.9. The molecular weight excluding hydrogens is 300 g/mol. The molecule has 0 radical (unpaired) electrons. The van der Waals surface area contributed by atoms with Crippen molar-refractivity contribution >= 4 is 34.6 Å². The summed E-state index contributed by atoms with van der Waals surface area (Å²) in [7, 11) is 0. The number of carboxylic acid groups (broad SMARTS) is 1. The Morgan fingerprint density at radius 3 is 2.85 bits per heavy atom. The SMILES string of the molecule is Cc1nc(-c2cccs2)sc1C(=O)NCC(O)C(=O)O. The fourth-order valence-electron chi connectivity index (χ4n) is 1.47. The van der Waals surface area contributed by atoms with Crippen molar-refractivity contribution in [2.75, 3.05) is 6.54 Å². The van der Waals surface area contributed by atoms with Crippen LogP contribution in [0.25, 0.3) is 9.88 Å². The van der Waals surface area contributed by atoms with Crippen LogP contribution >= 0.6 is 22.7 Å². The maximum absolute atomic E-state index is 11.9. The number of thiophene rings is 1. The lowest BCUT2D eigenvalue weighted by atomic mass is 10.3. The smallest absolute Gasteiger partial charge is 0.334 e. The molecular formula is C12H12N2O4S2. The Kier molecular flexibility index (Phi) is 4.48. The molecule has 6 nitrogen and oxygen atoms in total. The number of rotatable bonds is 5. The Morgan fingerprint density at radius 2 is 2.25 bits per heavy atom. The molecule has 1 amide bonds. The molecule has 0 aliphatic rings. The molecule has 0 aromatic carbocycles. The molecule has 0 saturated carbocycles. The van der Waals surface area contributed by atoms with Crippen LogP contribution in [0.1, 0.15) is 15.4 Å². The topological polar surface area (TPSA) is 99.5 Å². The summed E-state index contributed by atoms with van der Waals surface area (Å²) in [6, 6.07) is 3.82. The number of thiazole rings is 1. The summed E-state index contributed by atoms with van der Waals surface area (Å²) < 4.78 is 0. The zero-order valence-corrected chi connectivity index (χ0v) is 12.1. The molecule has 0 aliphatic heterocycles. The van der Waals surface area contributed by atoms with Gasteiger partial charge in [0.15, 0.2) is 6.10 Å². The van der Waals surface area contributed by atoms with Crippen LogP contribution in [-0.4, -0.2) is 39.7 Å². The molecule has 2 rings (SSSR count). The number of aromatic nitrogens is 1. The van der Waals surface area contributed by atoms with E-state index in [2.05, 4.69) is 10.3 Å². The van der Waals surface area contributed by atoms with E-state index in [0.29, 0.717) is 10.6 Å². The average Bonchev–Trinajstić information content (AvgIpc) is 3.04. The minimum Gasteiger partial charge on any atom is -0.479 e. The van der Waals surface area contributed by atoms with E-state index in [4.69, 9.17) is 10.2 Å². The zero-order valence-electron chi connectivity index (χ0n) is 10.5. The van der Waals surface area contributed by atoms with Gasteiger partial charge in [0.05, 0.1) is 17.1 Å². The molecule has 20 heavy (non-hydrogen) atoms. The number of hydrogen-bond donors (Lipinski definition) is 3. The summed E-state index contributed by atoms with van der Waals surface area (Å²) in [5.41, 5.74) is 0.584. The predicted octanol–water partition coefficient (Wildman–Crippen LogP) is 1.36. The van der Waals surface area contributed by atoms with Gasteiger partial charge in [0.1, 0.15) is 9.88 Å². The van der Waals surface area contributed by atoms with Gasteiger partial charge in [-0.3, -0.25) is 4.79 Å². The van der Waals surface area contributed by atoms with Crippen molar-refractivity contribution in [3.05, 3.63) is 28.1 Å². The first-order valence-electron chi connectivity index (χ1n) is 5.69. The lowest BCUT2D eigenvalue weighted by Crippen LogP contribution is -2.36. The highest BCUT2D eigenvalue weighted by Gasteiger charge is 2.19. The Morgan fingerprint density at radius 1 is 1.50 bits per heavy atom. The summed E-state index contributed by atoms with van der Waals surface area (Å²) in [6.07, 6.45) is -1.61. The molecule has 0 spiro atoms. The van der Waals surface area contributed by atoms with Crippen LogP contribution < -0.4 is 5.32 Å². The number of carboxylic acids is 1. The van der Waals surface area contributed by atoms with Gasteiger partial charge in [-0.25, -0.2) is 9.78 Å². The van der Waals surface area contributed by atoms with E-state index in [1.807, 2.05) is 17.5 Å². The Bertz CT molecular complexity index is 621. The molecule has 0 fully saturated rings. The highest BCUT2D eigenvalue weighted by molar-refractivity contribution is 7.22. The van der Waals surface area contributed by atoms with Gasteiger partial charge >= 0.3 is 5.97 Å². The summed E-state index contributed by atoms with van der Waals surface area (Å²) in [5.74, 6) is -1.80. The van der Waals surface area contributed by atoms with Crippen molar-refractivity contribution in [1.29, 1.82) is 0 Å². The van der Waals surface area contributed by atoms with Crippen LogP contribution in [0.4, 0.5) is 0 Å². The number of aliphatic carboxylic acids is 1. The van der Waals surface area contributed by atoms with Crippen molar-refractivity contribution in [3.8, 4) is 9.88 Å². The first-order chi connectivity index (χ1) is 9.49. The Balaban J connectivity index is 2.09. The van der Waals surface area contributed by atoms with E-state index in [9.17, 15) is 9.59 Å². The van der Waals surface area contributed by atoms with E-state index in [-0.39, 0.29) is 6.54 Å². The minimum atomic E-state index is -1.61. The third-order valence-electron chi connectivity index (χ3n) is 2.48. The quantitative estimate of drug-likeness (QED) is 0.774. The fourth-order valence-corrected chi connectivity index (χ4v) is 3.25. The Hall–Kier alpha value is -1.77. The number of nitrogens with one attached hydrogen (secondary N) is 1. The lowest BCUT2D eigenvalue weighted by molar-refractivity contribution is -0.146. The number of aliphatic hydroxyl groups is 1. The molecule has 2 aromatic rings. The fraction of sp³-hybridized carbons (Fsp3) is 0.250. The summed E-state index contributed by atoms with van der Waals surface area (Å²) in [6.45, 7) is 1.38. The van der Waals surface area contributed by atoms with Crippen molar-refractivity contribution in [2.24, 2.45) is 0 Å². The van der Waals surface area contributed by atoms with Crippen molar-refractivity contribution < 1.29 is 19.8 Å². The predicted molar refractivity (Wildman–Crippen MR) is 76.1 cm³/mol. The zero-order chi connectivity index (χ0) is 14.7. The second kappa shape index (κ2) is 6.12. The molecule has 0 aliphatic carbocycles. The van der Waals surface area contributed by atoms with E-state index in [1.165, 1.54) is 22.7 Å². The van der Waals surface area contributed by atoms with Gasteiger partial charge in [-0.1, -0.05) is 6.07 Å². The number of aryl methyl sites for hydroxylation is 1. The van der Waals surface area contributed by atoms with Crippen LogP contribution in [0.5, 0.6) is 0 Å². The third kappa shape index (κ3) is 3.21. The van der Waals surface area contributed by atoms with Crippen LogP contribution in [0.2, 0.25) is 0 Å². The van der Waals surface area contributed by atoms with Crippen LogP contribution in [0.3, 0.4) is 0 Å². The van der Waals surface area contributed by atoms with E-state index in [1.54, 1.807) is 6.92 Å². The maximum Gasteiger partial charge on any atom is 0.334 e. The second-order valence-corrected chi connectivity index (χ2v) is 5.92. The summed E-state index contributed by atoms with van der Waals surface area (Å²) in [5, 5.41) is 22.7. The third-order valence-corrected chi connectivity index (χ3v) is 4.67. The second-order valence-electron chi connectivity index (χ2n) is 3.97. The van der Waals surface area contributed by atoms with E-state index >= 15 is 0 Å². The molecule has 3 N–H and O–H groups in total. The standard InChI is InChI=1S/C12H12N2O4S2/c1-6-9(10(16)13-5-7(15)12(17)18)20-11(14-6)8-3-2-4-19-8/h2-4,7,15H,5H2,1H3,(H,13,16)(H,17,18). The normalized spacial score (nSPS) is 12.1. The minimum absolute atomic E-state index is 0.333. The van der Waals surface area contributed by atoms with Crippen LogP contribution in [-0.2, 0) is 4.79 Å². The van der Waals surface area contributed by atoms with Crippen molar-refractivity contribution in [1.82, 2.24) is 10.3 Å². The lowest BCUT2D eigenvalue weighted by Gasteiger charge is -2.06. The molecule has 0 saturated heterocycles.